The average molecular weight is 278 g/mol. The molecule has 1 aromatic carbocycles. The van der Waals surface area contributed by atoms with Crippen LogP contribution in [-0.2, 0) is 4.79 Å². The molecule has 108 valence electrons. The third-order valence-corrected chi connectivity index (χ3v) is 3.50. The summed E-state index contributed by atoms with van der Waals surface area (Å²) >= 11 is 0. The van der Waals surface area contributed by atoms with E-state index in [-0.39, 0.29) is 11.5 Å². The minimum atomic E-state index is -0.639. The second-order valence-corrected chi connectivity index (χ2v) is 5.06. The van der Waals surface area contributed by atoms with Crippen molar-refractivity contribution >= 4 is 11.8 Å². The standard InChI is InChI=1S/C15H19FN2O2/c1-11(15(20)18-9-5-2-6-10-18)17-14(19)12-7-3-4-8-13(12)16/h3-4,7-8,11H,2,5-6,9-10H2,1H3,(H,17,19)/t11-/m1/s1. The number of carbonyl (C=O) groups is 2. The minimum absolute atomic E-state index is 0.0363. The maximum absolute atomic E-state index is 13.5. The van der Waals surface area contributed by atoms with Gasteiger partial charge in [0.05, 0.1) is 5.56 Å². The molecule has 20 heavy (non-hydrogen) atoms. The third kappa shape index (κ3) is 3.35. The number of piperidine rings is 1. The van der Waals surface area contributed by atoms with Crippen LogP contribution in [0.4, 0.5) is 4.39 Å². The van der Waals surface area contributed by atoms with Gasteiger partial charge in [-0.25, -0.2) is 4.39 Å². The highest BCUT2D eigenvalue weighted by Crippen LogP contribution is 2.11. The van der Waals surface area contributed by atoms with Gasteiger partial charge in [0, 0.05) is 13.1 Å². The largest absolute Gasteiger partial charge is 0.341 e. The molecule has 1 aliphatic rings. The molecule has 0 aromatic heterocycles. The zero-order valence-corrected chi connectivity index (χ0v) is 11.6. The molecule has 4 nitrogen and oxygen atoms in total. The van der Waals surface area contributed by atoms with Gasteiger partial charge in [0.25, 0.3) is 5.91 Å². The van der Waals surface area contributed by atoms with Crippen LogP contribution in [0.1, 0.15) is 36.5 Å². The molecule has 0 aliphatic carbocycles. The number of benzene rings is 1. The maximum Gasteiger partial charge on any atom is 0.254 e. The molecule has 1 atom stereocenters. The highest BCUT2D eigenvalue weighted by Gasteiger charge is 2.24. The molecule has 1 aromatic rings. The molecule has 1 heterocycles. The summed E-state index contributed by atoms with van der Waals surface area (Å²) in [6.07, 6.45) is 3.14. The lowest BCUT2D eigenvalue weighted by Gasteiger charge is -2.29. The Morgan fingerprint density at radius 2 is 1.85 bits per heavy atom. The van der Waals surface area contributed by atoms with Gasteiger partial charge < -0.3 is 10.2 Å². The van der Waals surface area contributed by atoms with E-state index in [2.05, 4.69) is 5.32 Å². The van der Waals surface area contributed by atoms with Crippen LogP contribution in [0.2, 0.25) is 0 Å². The number of likely N-dealkylation sites (tertiary alicyclic amines) is 1. The van der Waals surface area contributed by atoms with Gasteiger partial charge in [0.2, 0.25) is 5.91 Å². The van der Waals surface area contributed by atoms with Gasteiger partial charge in [-0.15, -0.1) is 0 Å². The summed E-state index contributed by atoms with van der Waals surface area (Å²) in [4.78, 5) is 25.9. The van der Waals surface area contributed by atoms with E-state index in [0.29, 0.717) is 0 Å². The lowest BCUT2D eigenvalue weighted by Crippen LogP contribution is -2.48. The smallest absolute Gasteiger partial charge is 0.254 e. The number of hydrogen-bond donors (Lipinski definition) is 1. The first kappa shape index (κ1) is 14.5. The molecule has 1 saturated heterocycles. The third-order valence-electron chi connectivity index (χ3n) is 3.50. The van der Waals surface area contributed by atoms with Gasteiger partial charge in [-0.2, -0.15) is 0 Å². The Kier molecular flexibility index (Phi) is 4.71. The Bertz CT molecular complexity index is 498. The van der Waals surface area contributed by atoms with Gasteiger partial charge >= 0.3 is 0 Å². The van der Waals surface area contributed by atoms with E-state index < -0.39 is 17.8 Å². The predicted molar refractivity (Wildman–Crippen MR) is 73.8 cm³/mol. The first-order valence-electron chi connectivity index (χ1n) is 6.94. The van der Waals surface area contributed by atoms with Crippen LogP contribution < -0.4 is 5.32 Å². The number of carbonyl (C=O) groups excluding carboxylic acids is 2. The molecule has 1 aliphatic heterocycles. The van der Waals surface area contributed by atoms with E-state index in [4.69, 9.17) is 0 Å². The van der Waals surface area contributed by atoms with E-state index in [0.717, 1.165) is 32.4 Å². The van der Waals surface area contributed by atoms with Crippen molar-refractivity contribution in [2.24, 2.45) is 0 Å². The molecule has 0 unspecified atom stereocenters. The van der Waals surface area contributed by atoms with Crippen molar-refractivity contribution < 1.29 is 14.0 Å². The molecule has 2 rings (SSSR count). The summed E-state index contributed by atoms with van der Waals surface area (Å²) in [5, 5.41) is 2.56. The van der Waals surface area contributed by atoms with Gasteiger partial charge in [0.1, 0.15) is 11.9 Å². The zero-order valence-electron chi connectivity index (χ0n) is 11.6. The van der Waals surface area contributed by atoms with Crippen LogP contribution in [0.3, 0.4) is 0 Å². The number of hydrogen-bond acceptors (Lipinski definition) is 2. The molecule has 1 N–H and O–H groups in total. The first-order chi connectivity index (χ1) is 9.59. The van der Waals surface area contributed by atoms with Crippen molar-refractivity contribution in [1.29, 1.82) is 0 Å². The average Bonchev–Trinajstić information content (AvgIpc) is 2.47. The van der Waals surface area contributed by atoms with Crippen LogP contribution >= 0.6 is 0 Å². The van der Waals surface area contributed by atoms with Crippen LogP contribution in [0.5, 0.6) is 0 Å². The molecule has 5 heteroatoms. The van der Waals surface area contributed by atoms with Crippen molar-refractivity contribution in [1.82, 2.24) is 10.2 Å². The van der Waals surface area contributed by atoms with Crippen molar-refractivity contribution in [2.75, 3.05) is 13.1 Å². The fourth-order valence-corrected chi connectivity index (χ4v) is 2.37. The SMILES string of the molecule is C[C@@H](NC(=O)c1ccccc1F)C(=O)N1CCCCC1. The van der Waals surface area contributed by atoms with Crippen molar-refractivity contribution in [2.45, 2.75) is 32.2 Å². The Morgan fingerprint density at radius 3 is 2.50 bits per heavy atom. The van der Waals surface area contributed by atoms with Crippen molar-refractivity contribution in [3.8, 4) is 0 Å². The summed E-state index contributed by atoms with van der Waals surface area (Å²) in [6.45, 7) is 3.10. The molecule has 1 fully saturated rings. The molecule has 2 amide bonds. The molecule has 0 bridgehead atoms. The normalized spacial score (nSPS) is 16.6. The predicted octanol–water partition coefficient (Wildman–Crippen LogP) is 1.96. The van der Waals surface area contributed by atoms with E-state index in [1.165, 1.54) is 18.2 Å². The van der Waals surface area contributed by atoms with E-state index in [9.17, 15) is 14.0 Å². The molecular formula is C15H19FN2O2. The summed E-state index contributed by atoms with van der Waals surface area (Å²) in [6, 6.07) is 5.11. The Balaban J connectivity index is 1.97. The topological polar surface area (TPSA) is 49.4 Å². The van der Waals surface area contributed by atoms with E-state index in [1.807, 2.05) is 0 Å². The lowest BCUT2D eigenvalue weighted by atomic mass is 10.1. The molecule has 0 saturated carbocycles. The monoisotopic (exact) mass is 278 g/mol. The number of nitrogens with zero attached hydrogens (tertiary/aromatic N) is 1. The quantitative estimate of drug-likeness (QED) is 0.919. The highest BCUT2D eigenvalue weighted by atomic mass is 19.1. The lowest BCUT2D eigenvalue weighted by molar-refractivity contribution is -0.133. The summed E-state index contributed by atoms with van der Waals surface area (Å²) in [7, 11) is 0. The number of nitrogens with one attached hydrogen (secondary N) is 1. The number of halogens is 1. The van der Waals surface area contributed by atoms with Gasteiger partial charge in [-0.3, -0.25) is 9.59 Å². The second kappa shape index (κ2) is 6.50. The van der Waals surface area contributed by atoms with Crippen molar-refractivity contribution in [3.05, 3.63) is 35.6 Å². The fourth-order valence-electron chi connectivity index (χ4n) is 2.37. The molecule has 0 spiro atoms. The number of amides is 2. The van der Waals surface area contributed by atoms with Gasteiger partial charge in [0.15, 0.2) is 0 Å². The second-order valence-electron chi connectivity index (χ2n) is 5.06. The summed E-state index contributed by atoms with van der Waals surface area (Å²) in [5.41, 5.74) is -0.0363. The Hall–Kier alpha value is -1.91. The Labute approximate surface area is 118 Å². The van der Waals surface area contributed by atoms with Gasteiger partial charge in [-0.1, -0.05) is 12.1 Å². The van der Waals surface area contributed by atoms with Crippen molar-refractivity contribution in [3.63, 3.8) is 0 Å². The summed E-state index contributed by atoms with van der Waals surface area (Å²) in [5.74, 6) is -1.24. The first-order valence-corrected chi connectivity index (χ1v) is 6.94. The van der Waals surface area contributed by atoms with Crippen LogP contribution in [0.25, 0.3) is 0 Å². The fraction of sp³-hybridized carbons (Fsp3) is 0.467. The Morgan fingerprint density at radius 1 is 1.20 bits per heavy atom. The maximum atomic E-state index is 13.5. The van der Waals surface area contributed by atoms with Crippen LogP contribution in [-0.4, -0.2) is 35.8 Å². The number of rotatable bonds is 3. The summed E-state index contributed by atoms with van der Waals surface area (Å²) < 4.78 is 13.5. The van der Waals surface area contributed by atoms with E-state index >= 15 is 0 Å². The highest BCUT2D eigenvalue weighted by molar-refractivity contribution is 5.97. The van der Waals surface area contributed by atoms with Crippen LogP contribution in [0.15, 0.2) is 24.3 Å². The zero-order chi connectivity index (χ0) is 14.5. The van der Waals surface area contributed by atoms with Gasteiger partial charge in [-0.05, 0) is 38.3 Å². The molecule has 0 radical (unpaired) electrons. The minimum Gasteiger partial charge on any atom is -0.341 e. The van der Waals surface area contributed by atoms with Crippen LogP contribution in [0, 0.1) is 5.82 Å². The molecular weight excluding hydrogens is 259 g/mol. The van der Waals surface area contributed by atoms with E-state index in [1.54, 1.807) is 17.9 Å².